The largest absolute Gasteiger partial charge is 0.398 e. The molecule has 0 spiro atoms. The minimum Gasteiger partial charge on any atom is -0.398 e. The number of rotatable bonds is 9. The molecule has 0 saturated heterocycles. The molecule has 1 aliphatic carbocycles. The van der Waals surface area contributed by atoms with Crippen molar-refractivity contribution in [2.24, 2.45) is 5.73 Å². The Balaban J connectivity index is 0.000000783. The molecule has 0 aromatic heterocycles. The van der Waals surface area contributed by atoms with Crippen LogP contribution in [0.5, 0.6) is 0 Å². The quantitative estimate of drug-likeness (QED) is 0.112. The van der Waals surface area contributed by atoms with Gasteiger partial charge in [-0.15, -0.1) is 0 Å². The van der Waals surface area contributed by atoms with E-state index in [0.29, 0.717) is 5.69 Å². The van der Waals surface area contributed by atoms with E-state index in [4.69, 9.17) is 11.5 Å². The number of unbranched alkanes of at least 4 members (excludes halogenated alkanes) is 1. The Morgan fingerprint density at radius 3 is 1.61 bits per heavy atom. The number of hydrogen-bond acceptors (Lipinski definition) is 2. The number of para-hydroxylation sites is 1. The van der Waals surface area contributed by atoms with Crippen molar-refractivity contribution in [1.82, 2.24) is 0 Å². The second-order valence-electron chi connectivity index (χ2n) is 17.1. The van der Waals surface area contributed by atoms with Crippen molar-refractivity contribution in [2.75, 3.05) is 5.73 Å². The van der Waals surface area contributed by atoms with Crippen molar-refractivity contribution in [1.29, 1.82) is 0 Å². The number of nitrogens with two attached hydrogens (primary N) is 2. The molecule has 0 heterocycles. The predicted molar refractivity (Wildman–Crippen MR) is 294 cm³/mol. The number of allylic oxidation sites excluding steroid dienone is 4. The normalized spacial score (nSPS) is 13.4. The van der Waals surface area contributed by atoms with Crippen molar-refractivity contribution in [3.8, 4) is 11.1 Å². The maximum Gasteiger partial charge on any atom is 0.0948 e. The summed E-state index contributed by atoms with van der Waals surface area (Å²) in [6, 6.07) is 69.7. The van der Waals surface area contributed by atoms with Crippen molar-refractivity contribution in [2.45, 2.75) is 85.6 Å². The summed E-state index contributed by atoms with van der Waals surface area (Å²) in [5.74, 6) is 0.0692. The maximum atomic E-state index is 7.90. The van der Waals surface area contributed by atoms with Gasteiger partial charge in [-0.05, 0) is 120 Å². The van der Waals surface area contributed by atoms with Gasteiger partial charge in [-0.2, -0.15) is 0 Å². The Labute approximate surface area is 400 Å². The van der Waals surface area contributed by atoms with Crippen molar-refractivity contribution in [3.05, 3.63) is 251 Å². The van der Waals surface area contributed by atoms with Crippen LogP contribution in [-0.4, -0.2) is 0 Å². The van der Waals surface area contributed by atoms with E-state index in [9.17, 15) is 0 Å². The van der Waals surface area contributed by atoms with Gasteiger partial charge in [0, 0.05) is 17.2 Å². The predicted octanol–water partition coefficient (Wildman–Crippen LogP) is 17.7. The minimum atomic E-state index is -1.04. The van der Waals surface area contributed by atoms with E-state index in [-0.39, 0.29) is 5.92 Å². The lowest BCUT2D eigenvalue weighted by Gasteiger charge is -2.35. The molecule has 9 aromatic carbocycles. The monoisotopic (exact) mass is 877 g/mol. The number of fused-ring (bicyclic) bond motifs is 3. The first-order valence-electron chi connectivity index (χ1n) is 24.6. The van der Waals surface area contributed by atoms with E-state index >= 15 is 0 Å². The molecule has 67 heavy (non-hydrogen) atoms. The highest BCUT2D eigenvalue weighted by atomic mass is 14.8. The molecule has 2 heteroatoms. The van der Waals surface area contributed by atoms with E-state index in [1.54, 1.807) is 0 Å². The van der Waals surface area contributed by atoms with E-state index < -0.39 is 5.54 Å². The standard InChI is InChI=1S/C57H46N2.C4H10.2C2H6/c1-38-12-2-7-17-49(38)56(43-26-22-41(23-27-43)46-28-24-39-13-3-5-15-44(39)36-46)52-34-35-53(51-19-9-8-18-50(51)52)57(59,54-20-10-11-21-55(54)58)48-32-30-42(31-33-48)47-29-25-40-14-4-6-16-45(40)37-47;1-3-4-2;2*1-2/h2-22,24-26,28-37,56H,23,27,58-59H2,1H3;3-4H2,1-2H3;2*1-2H3. The number of aryl methyl sites for hydroxylation is 1. The number of benzene rings is 9. The molecule has 2 atom stereocenters. The molecule has 0 aliphatic heterocycles. The highest BCUT2D eigenvalue weighted by molar-refractivity contribution is 5.93. The summed E-state index contributed by atoms with van der Waals surface area (Å²) in [6.07, 6.45) is 9.34. The van der Waals surface area contributed by atoms with Gasteiger partial charge in [-0.1, -0.05) is 248 Å². The summed E-state index contributed by atoms with van der Waals surface area (Å²) >= 11 is 0. The molecule has 9 aromatic rings. The Morgan fingerprint density at radius 2 is 1.00 bits per heavy atom. The zero-order valence-corrected chi connectivity index (χ0v) is 40.7. The fourth-order valence-corrected chi connectivity index (χ4v) is 9.53. The minimum absolute atomic E-state index is 0.0692. The second-order valence-corrected chi connectivity index (χ2v) is 17.1. The second kappa shape index (κ2) is 22.5. The first kappa shape index (κ1) is 47.9. The zero-order chi connectivity index (χ0) is 47.3. The molecule has 2 unspecified atom stereocenters. The van der Waals surface area contributed by atoms with Crippen LogP contribution in [0, 0.1) is 6.92 Å². The highest BCUT2D eigenvalue weighted by Gasteiger charge is 2.36. The van der Waals surface area contributed by atoms with Crippen LogP contribution in [-0.2, 0) is 5.54 Å². The van der Waals surface area contributed by atoms with Gasteiger partial charge in [0.25, 0.3) is 0 Å². The average Bonchev–Trinajstić information content (AvgIpc) is 3.40. The van der Waals surface area contributed by atoms with Gasteiger partial charge in [-0.25, -0.2) is 0 Å². The van der Waals surface area contributed by atoms with Crippen LogP contribution in [0.15, 0.2) is 212 Å². The average molecular weight is 877 g/mol. The fraction of sp³-hybridized carbons (Fsp3) is 0.200. The first-order chi connectivity index (χ1) is 32.9. The number of nitrogen functional groups attached to an aromatic ring is 1. The molecular weight excluding hydrogens is 809 g/mol. The summed E-state index contributed by atoms with van der Waals surface area (Å²) in [7, 11) is 0. The molecule has 1 aliphatic rings. The van der Waals surface area contributed by atoms with E-state index in [1.807, 2.05) is 45.9 Å². The molecule has 0 radical (unpaired) electrons. The Bertz CT molecular complexity index is 3130. The smallest absolute Gasteiger partial charge is 0.0948 e. The van der Waals surface area contributed by atoms with Crippen LogP contribution in [0.4, 0.5) is 5.69 Å². The number of anilines is 1. The summed E-state index contributed by atoms with van der Waals surface area (Å²) in [5.41, 5.74) is 27.6. The van der Waals surface area contributed by atoms with Crippen LogP contribution in [0.2, 0.25) is 0 Å². The van der Waals surface area contributed by atoms with E-state index in [0.717, 1.165) is 40.5 Å². The molecule has 338 valence electrons. The Morgan fingerprint density at radius 1 is 0.463 bits per heavy atom. The highest BCUT2D eigenvalue weighted by Crippen LogP contribution is 2.46. The van der Waals surface area contributed by atoms with Crippen LogP contribution in [0.1, 0.15) is 112 Å². The van der Waals surface area contributed by atoms with E-state index in [2.05, 4.69) is 209 Å². The molecule has 2 nitrogen and oxygen atoms in total. The summed E-state index contributed by atoms with van der Waals surface area (Å²) in [5, 5.41) is 7.32. The van der Waals surface area contributed by atoms with Gasteiger partial charge in [0.05, 0.1) is 5.54 Å². The fourth-order valence-electron chi connectivity index (χ4n) is 9.53. The number of hydrogen-bond donors (Lipinski definition) is 2. The van der Waals surface area contributed by atoms with Gasteiger partial charge in [0.1, 0.15) is 0 Å². The lowest BCUT2D eigenvalue weighted by atomic mass is 9.72. The Hall–Kier alpha value is -7.00. The van der Waals surface area contributed by atoms with Gasteiger partial charge < -0.3 is 11.5 Å². The Kier molecular flexibility index (Phi) is 16.1. The summed E-state index contributed by atoms with van der Waals surface area (Å²) in [4.78, 5) is 0. The van der Waals surface area contributed by atoms with Crippen LogP contribution in [0.25, 0.3) is 49.0 Å². The van der Waals surface area contributed by atoms with Crippen LogP contribution in [0.3, 0.4) is 0 Å². The van der Waals surface area contributed by atoms with Gasteiger partial charge in [0.2, 0.25) is 0 Å². The third kappa shape index (κ3) is 10.1. The van der Waals surface area contributed by atoms with Gasteiger partial charge in [-0.3, -0.25) is 0 Å². The van der Waals surface area contributed by atoms with Crippen LogP contribution >= 0.6 is 0 Å². The molecule has 0 amide bonds. The molecule has 0 fully saturated rings. The molecule has 10 rings (SSSR count). The maximum absolute atomic E-state index is 7.90. The summed E-state index contributed by atoms with van der Waals surface area (Å²) in [6.45, 7) is 14.6. The first-order valence-corrected chi connectivity index (χ1v) is 24.6. The third-order valence-electron chi connectivity index (χ3n) is 13.2. The summed E-state index contributed by atoms with van der Waals surface area (Å²) < 4.78 is 0. The van der Waals surface area contributed by atoms with Gasteiger partial charge in [0.15, 0.2) is 0 Å². The van der Waals surface area contributed by atoms with Gasteiger partial charge >= 0.3 is 0 Å². The van der Waals surface area contributed by atoms with E-state index in [1.165, 1.54) is 78.7 Å². The molecular formula is C65H68N2. The molecule has 0 saturated carbocycles. The topological polar surface area (TPSA) is 52.0 Å². The lowest BCUT2D eigenvalue weighted by Crippen LogP contribution is -2.40. The molecule has 4 N–H and O–H groups in total. The zero-order valence-electron chi connectivity index (χ0n) is 40.7. The van der Waals surface area contributed by atoms with Crippen molar-refractivity contribution >= 4 is 43.6 Å². The lowest BCUT2D eigenvalue weighted by molar-refractivity contribution is 0.661. The van der Waals surface area contributed by atoms with Crippen molar-refractivity contribution < 1.29 is 0 Å². The molecule has 0 bridgehead atoms. The van der Waals surface area contributed by atoms with Crippen molar-refractivity contribution in [3.63, 3.8) is 0 Å². The van der Waals surface area contributed by atoms with Crippen LogP contribution < -0.4 is 11.5 Å². The SMILES string of the molecule is CC.CC.CCCC.Cc1ccccc1C(C1=CC=C(c2ccc3ccccc3c2)CC1)c1ccc(C(N)(c2ccc(-c3ccc4ccccc4c3)cc2)c2ccccc2N)c2ccccc12. The third-order valence-corrected chi connectivity index (χ3v) is 13.2.